The van der Waals surface area contributed by atoms with E-state index < -0.39 is 0 Å². The first-order valence-electron chi connectivity index (χ1n) is 6.62. The van der Waals surface area contributed by atoms with Gasteiger partial charge in [0.2, 0.25) is 0 Å². The van der Waals surface area contributed by atoms with E-state index in [0.29, 0.717) is 23.5 Å². The summed E-state index contributed by atoms with van der Waals surface area (Å²) in [6.45, 7) is 0.595. The number of nitrogens with one attached hydrogen (secondary N) is 2. The fourth-order valence-electron chi connectivity index (χ4n) is 1.98. The Morgan fingerprint density at radius 2 is 1.90 bits per heavy atom. The molecule has 0 bridgehead atoms. The predicted molar refractivity (Wildman–Crippen MR) is 84.6 cm³/mol. The van der Waals surface area contributed by atoms with Crippen LogP contribution in [0, 0.1) is 0 Å². The first kappa shape index (κ1) is 14.7. The van der Waals surface area contributed by atoms with Crippen molar-refractivity contribution in [3.63, 3.8) is 0 Å². The number of hydrogen-bond donors (Lipinski definition) is 3. The maximum Gasteiger partial charge on any atom is 0.253 e. The van der Waals surface area contributed by atoms with Gasteiger partial charge in [0.1, 0.15) is 5.75 Å². The van der Waals surface area contributed by atoms with E-state index in [1.165, 1.54) is 0 Å². The molecule has 0 spiro atoms. The second-order valence-electron chi connectivity index (χ2n) is 4.59. The molecule has 0 saturated heterocycles. The molecule has 2 aromatic rings. The predicted octanol–water partition coefficient (Wildman–Crippen LogP) is 2.25. The lowest BCUT2D eigenvalue weighted by molar-refractivity contribution is 0.0964. The van der Waals surface area contributed by atoms with Gasteiger partial charge in [0.05, 0.1) is 12.7 Å². The lowest BCUT2D eigenvalue weighted by atomic mass is 10.1. The highest BCUT2D eigenvalue weighted by Crippen LogP contribution is 2.20. The molecule has 0 fully saturated rings. The fraction of sp³-hybridized carbons (Fsp3) is 0.188. The first-order valence-corrected chi connectivity index (χ1v) is 6.62. The van der Waals surface area contributed by atoms with Gasteiger partial charge < -0.3 is 21.1 Å². The third-order valence-corrected chi connectivity index (χ3v) is 3.16. The average Bonchev–Trinajstić information content (AvgIpc) is 2.52. The van der Waals surface area contributed by atoms with Crippen LogP contribution in [-0.2, 0) is 6.54 Å². The van der Waals surface area contributed by atoms with Crippen molar-refractivity contribution in [2.75, 3.05) is 25.2 Å². The van der Waals surface area contributed by atoms with Gasteiger partial charge in [-0.3, -0.25) is 4.79 Å². The van der Waals surface area contributed by atoms with Gasteiger partial charge in [-0.05, 0) is 35.9 Å². The number of carbonyl (C=O) groups excluding carboxylic acids is 1. The van der Waals surface area contributed by atoms with Crippen LogP contribution in [0.15, 0.2) is 42.5 Å². The van der Waals surface area contributed by atoms with E-state index in [4.69, 9.17) is 10.5 Å². The van der Waals surface area contributed by atoms with E-state index in [-0.39, 0.29) is 5.91 Å². The van der Waals surface area contributed by atoms with Crippen LogP contribution in [0.1, 0.15) is 15.9 Å². The number of carbonyl (C=O) groups is 1. The molecule has 0 atom stereocenters. The van der Waals surface area contributed by atoms with Gasteiger partial charge in [0.25, 0.3) is 5.91 Å². The molecule has 0 radical (unpaired) electrons. The molecular weight excluding hydrogens is 266 g/mol. The Kier molecular flexibility index (Phi) is 4.66. The third kappa shape index (κ3) is 3.66. The molecular formula is C16H19N3O2. The average molecular weight is 285 g/mol. The Hall–Kier alpha value is -2.69. The molecule has 2 aromatic carbocycles. The minimum atomic E-state index is -0.146. The van der Waals surface area contributed by atoms with E-state index in [2.05, 4.69) is 10.6 Å². The second kappa shape index (κ2) is 6.65. The molecule has 5 nitrogen and oxygen atoms in total. The monoisotopic (exact) mass is 285 g/mol. The van der Waals surface area contributed by atoms with Gasteiger partial charge in [0.15, 0.2) is 0 Å². The Morgan fingerprint density at radius 3 is 2.52 bits per heavy atom. The van der Waals surface area contributed by atoms with E-state index in [1.807, 2.05) is 24.3 Å². The molecule has 0 aliphatic heterocycles. The van der Waals surface area contributed by atoms with Crippen LogP contribution in [0.4, 0.5) is 11.4 Å². The van der Waals surface area contributed by atoms with Crippen molar-refractivity contribution < 1.29 is 9.53 Å². The lowest BCUT2D eigenvalue weighted by Crippen LogP contribution is -2.19. The molecule has 1 amide bonds. The van der Waals surface area contributed by atoms with Crippen LogP contribution in [-0.4, -0.2) is 20.1 Å². The minimum Gasteiger partial charge on any atom is -0.497 e. The zero-order valence-electron chi connectivity index (χ0n) is 12.1. The summed E-state index contributed by atoms with van der Waals surface area (Å²) < 4.78 is 5.12. The zero-order chi connectivity index (χ0) is 15.2. The molecule has 0 aliphatic carbocycles. The summed E-state index contributed by atoms with van der Waals surface area (Å²) in [6, 6.07) is 12.9. The summed E-state index contributed by atoms with van der Waals surface area (Å²) in [5.74, 6) is 0.668. The molecule has 21 heavy (non-hydrogen) atoms. The van der Waals surface area contributed by atoms with Crippen LogP contribution in [0.5, 0.6) is 5.75 Å². The van der Waals surface area contributed by atoms with E-state index in [9.17, 15) is 4.79 Å². The number of rotatable bonds is 5. The third-order valence-electron chi connectivity index (χ3n) is 3.16. The highest BCUT2D eigenvalue weighted by Gasteiger charge is 2.10. The van der Waals surface area contributed by atoms with Crippen molar-refractivity contribution in [3.05, 3.63) is 53.6 Å². The largest absolute Gasteiger partial charge is 0.497 e. The highest BCUT2D eigenvalue weighted by atomic mass is 16.5. The van der Waals surface area contributed by atoms with Crippen LogP contribution < -0.4 is 21.1 Å². The van der Waals surface area contributed by atoms with Crippen LogP contribution in [0.3, 0.4) is 0 Å². The van der Waals surface area contributed by atoms with Crippen LogP contribution in [0.25, 0.3) is 0 Å². The van der Waals surface area contributed by atoms with Crippen molar-refractivity contribution in [2.24, 2.45) is 0 Å². The highest BCUT2D eigenvalue weighted by molar-refractivity contribution is 6.00. The zero-order valence-corrected chi connectivity index (χ0v) is 12.1. The Balaban J connectivity index is 2.14. The van der Waals surface area contributed by atoms with Crippen molar-refractivity contribution in [1.29, 1.82) is 0 Å². The van der Waals surface area contributed by atoms with Crippen LogP contribution >= 0.6 is 0 Å². The molecule has 0 unspecified atom stereocenters. The number of benzene rings is 2. The Bertz CT molecular complexity index is 624. The number of amides is 1. The van der Waals surface area contributed by atoms with Crippen molar-refractivity contribution in [3.8, 4) is 5.75 Å². The summed E-state index contributed by atoms with van der Waals surface area (Å²) in [7, 11) is 3.24. The Morgan fingerprint density at radius 1 is 1.19 bits per heavy atom. The normalized spacial score (nSPS) is 10.0. The molecule has 0 saturated carbocycles. The molecule has 2 rings (SSSR count). The molecule has 0 aliphatic rings. The summed E-state index contributed by atoms with van der Waals surface area (Å²) in [4.78, 5) is 11.8. The van der Waals surface area contributed by atoms with Crippen molar-refractivity contribution in [1.82, 2.24) is 5.32 Å². The van der Waals surface area contributed by atoms with E-state index in [0.717, 1.165) is 11.3 Å². The second-order valence-corrected chi connectivity index (χ2v) is 4.59. The molecule has 0 heterocycles. The fourth-order valence-corrected chi connectivity index (χ4v) is 1.98. The first-order chi connectivity index (χ1) is 10.1. The van der Waals surface area contributed by atoms with Crippen LogP contribution in [0.2, 0.25) is 0 Å². The van der Waals surface area contributed by atoms with E-state index >= 15 is 0 Å². The van der Waals surface area contributed by atoms with Crippen molar-refractivity contribution >= 4 is 17.3 Å². The molecule has 4 N–H and O–H groups in total. The summed E-state index contributed by atoms with van der Waals surface area (Å²) in [5, 5.41) is 5.86. The number of hydrogen-bond acceptors (Lipinski definition) is 4. The smallest absolute Gasteiger partial charge is 0.253 e. The minimum absolute atomic E-state index is 0.146. The quantitative estimate of drug-likeness (QED) is 0.736. The van der Waals surface area contributed by atoms with Gasteiger partial charge in [0, 0.05) is 25.0 Å². The number of nitrogen functional groups attached to an aromatic ring is 1. The standard InChI is InChI=1S/C16H19N3O2/c1-18-16(20)14-8-5-12(17)9-15(14)19-10-11-3-6-13(21-2)7-4-11/h3-9,19H,10,17H2,1-2H3,(H,18,20). The number of nitrogens with two attached hydrogens (primary N) is 1. The Labute approximate surface area is 124 Å². The van der Waals surface area contributed by atoms with Gasteiger partial charge in [-0.2, -0.15) is 0 Å². The maximum atomic E-state index is 11.8. The molecule has 0 aromatic heterocycles. The molecule has 110 valence electrons. The molecule has 5 heteroatoms. The maximum absolute atomic E-state index is 11.8. The van der Waals surface area contributed by atoms with Gasteiger partial charge in [-0.15, -0.1) is 0 Å². The summed E-state index contributed by atoms with van der Waals surface area (Å²) in [5.41, 5.74) is 8.77. The van der Waals surface area contributed by atoms with Gasteiger partial charge >= 0.3 is 0 Å². The number of anilines is 2. The summed E-state index contributed by atoms with van der Waals surface area (Å²) >= 11 is 0. The summed E-state index contributed by atoms with van der Waals surface area (Å²) in [6.07, 6.45) is 0. The van der Waals surface area contributed by atoms with Gasteiger partial charge in [-0.25, -0.2) is 0 Å². The topological polar surface area (TPSA) is 76.4 Å². The van der Waals surface area contributed by atoms with Gasteiger partial charge in [-0.1, -0.05) is 12.1 Å². The SMILES string of the molecule is CNC(=O)c1ccc(N)cc1NCc1ccc(OC)cc1. The van der Waals surface area contributed by atoms with E-state index in [1.54, 1.807) is 32.4 Å². The number of ether oxygens (including phenoxy) is 1. The number of methoxy groups -OCH3 is 1. The lowest BCUT2D eigenvalue weighted by Gasteiger charge is -2.12. The van der Waals surface area contributed by atoms with Crippen molar-refractivity contribution in [2.45, 2.75) is 6.54 Å².